The van der Waals surface area contributed by atoms with Crippen LogP contribution in [-0.4, -0.2) is 9.55 Å². The van der Waals surface area contributed by atoms with Gasteiger partial charge in [-0.05, 0) is 53.3 Å². The van der Waals surface area contributed by atoms with E-state index in [2.05, 4.69) is 45.1 Å². The predicted octanol–water partition coefficient (Wildman–Crippen LogP) is 3.89. The summed E-state index contributed by atoms with van der Waals surface area (Å²) in [5, 5.41) is 0. The first-order chi connectivity index (χ1) is 9.13. The van der Waals surface area contributed by atoms with Crippen molar-refractivity contribution in [3.63, 3.8) is 0 Å². The maximum atomic E-state index is 11.8. The third kappa shape index (κ3) is 2.86. The highest BCUT2D eigenvalue weighted by atomic mass is 127. The van der Waals surface area contributed by atoms with Crippen molar-refractivity contribution in [2.45, 2.75) is 39.2 Å². The standard InChI is InChI=1S/C14H17IN2OS/c1-9-2-4-10(5-3-9)7-17-8-16-14(18)13-11(17)6-12(15)19-13/h6,8-10H,2-5,7H2,1H3. The highest BCUT2D eigenvalue weighted by molar-refractivity contribution is 14.1. The topological polar surface area (TPSA) is 34.9 Å². The monoisotopic (exact) mass is 388 g/mol. The fourth-order valence-electron chi connectivity index (χ4n) is 2.90. The van der Waals surface area contributed by atoms with E-state index < -0.39 is 0 Å². The smallest absolute Gasteiger partial charge is 0.290 e. The number of fused-ring (bicyclic) bond motifs is 1. The van der Waals surface area contributed by atoms with Crippen LogP contribution < -0.4 is 5.56 Å². The fourth-order valence-corrected chi connectivity index (χ4v) is 4.64. The lowest BCUT2D eigenvalue weighted by Gasteiger charge is -2.26. The second-order valence-corrected chi connectivity index (χ2v) is 8.54. The normalized spacial score (nSPS) is 23.9. The number of halogens is 1. The molecule has 19 heavy (non-hydrogen) atoms. The third-order valence-electron chi connectivity index (χ3n) is 4.09. The number of aromatic nitrogens is 2. The quantitative estimate of drug-likeness (QED) is 0.732. The van der Waals surface area contributed by atoms with E-state index in [0.29, 0.717) is 0 Å². The van der Waals surface area contributed by atoms with Crippen LogP contribution in [0.2, 0.25) is 0 Å². The number of nitrogens with zero attached hydrogens (tertiary/aromatic N) is 2. The average Bonchev–Trinajstić information content (AvgIpc) is 2.78. The Labute approximate surface area is 130 Å². The highest BCUT2D eigenvalue weighted by Crippen LogP contribution is 2.30. The van der Waals surface area contributed by atoms with Crippen molar-refractivity contribution in [3.05, 3.63) is 25.6 Å². The lowest BCUT2D eigenvalue weighted by molar-refractivity contribution is 0.266. The van der Waals surface area contributed by atoms with Gasteiger partial charge >= 0.3 is 0 Å². The Morgan fingerprint density at radius 1 is 1.42 bits per heavy atom. The van der Waals surface area contributed by atoms with Crippen LogP contribution in [-0.2, 0) is 6.54 Å². The summed E-state index contributed by atoms with van der Waals surface area (Å²) in [5.41, 5.74) is 0.976. The van der Waals surface area contributed by atoms with Crippen LogP contribution in [0.3, 0.4) is 0 Å². The van der Waals surface area contributed by atoms with Crippen LogP contribution in [0, 0.1) is 14.7 Å². The Morgan fingerprint density at radius 2 is 2.16 bits per heavy atom. The number of hydrogen-bond acceptors (Lipinski definition) is 3. The molecule has 0 aliphatic heterocycles. The van der Waals surface area contributed by atoms with Gasteiger partial charge in [-0.1, -0.05) is 19.8 Å². The number of thiophene rings is 1. The molecule has 1 aliphatic carbocycles. The molecular formula is C14H17IN2OS. The van der Waals surface area contributed by atoms with Crippen molar-refractivity contribution >= 4 is 44.1 Å². The lowest BCUT2D eigenvalue weighted by Crippen LogP contribution is -2.19. The molecule has 0 radical (unpaired) electrons. The summed E-state index contributed by atoms with van der Waals surface area (Å²) in [7, 11) is 0. The van der Waals surface area contributed by atoms with Crippen LogP contribution in [0.5, 0.6) is 0 Å². The summed E-state index contributed by atoms with van der Waals surface area (Å²) in [5.74, 6) is 1.62. The first kappa shape index (κ1) is 13.5. The van der Waals surface area contributed by atoms with E-state index in [9.17, 15) is 4.79 Å². The van der Waals surface area contributed by atoms with E-state index in [1.807, 2.05) is 0 Å². The summed E-state index contributed by atoms with van der Waals surface area (Å²) in [6.07, 6.45) is 7.00. The minimum Gasteiger partial charge on any atom is -0.331 e. The first-order valence-electron chi connectivity index (χ1n) is 6.78. The minimum absolute atomic E-state index is 0.0866. The molecule has 2 aromatic rings. The van der Waals surface area contributed by atoms with Crippen molar-refractivity contribution in [1.29, 1.82) is 0 Å². The predicted molar refractivity (Wildman–Crippen MR) is 87.7 cm³/mol. The second-order valence-electron chi connectivity index (χ2n) is 5.59. The Kier molecular flexibility index (Phi) is 3.93. The molecule has 3 rings (SSSR count). The summed E-state index contributed by atoms with van der Waals surface area (Å²) in [6.45, 7) is 3.35. The largest absolute Gasteiger partial charge is 0.331 e. The van der Waals surface area contributed by atoms with Gasteiger partial charge in [-0.15, -0.1) is 11.3 Å². The molecule has 1 saturated carbocycles. The molecule has 0 aromatic carbocycles. The maximum Gasteiger partial charge on any atom is 0.290 e. The van der Waals surface area contributed by atoms with E-state index in [-0.39, 0.29) is 5.56 Å². The zero-order chi connectivity index (χ0) is 13.4. The van der Waals surface area contributed by atoms with Gasteiger partial charge in [0.15, 0.2) is 0 Å². The van der Waals surface area contributed by atoms with Crippen molar-refractivity contribution in [3.8, 4) is 0 Å². The van der Waals surface area contributed by atoms with E-state index in [1.165, 1.54) is 25.7 Å². The van der Waals surface area contributed by atoms with Crippen LogP contribution >= 0.6 is 33.9 Å². The molecule has 5 heteroatoms. The molecular weight excluding hydrogens is 371 g/mol. The van der Waals surface area contributed by atoms with Gasteiger partial charge < -0.3 is 4.57 Å². The van der Waals surface area contributed by atoms with Gasteiger partial charge in [0.1, 0.15) is 4.70 Å². The van der Waals surface area contributed by atoms with Crippen LogP contribution in [0.4, 0.5) is 0 Å². The van der Waals surface area contributed by atoms with E-state index in [4.69, 9.17) is 0 Å². The molecule has 2 heterocycles. The van der Waals surface area contributed by atoms with E-state index >= 15 is 0 Å². The van der Waals surface area contributed by atoms with Crippen LogP contribution in [0.1, 0.15) is 32.6 Å². The SMILES string of the molecule is CC1CCC(Cn2cnc(=O)c3sc(I)cc32)CC1. The Bertz CT molecular complexity index is 640. The number of rotatable bonds is 2. The minimum atomic E-state index is -0.0866. The van der Waals surface area contributed by atoms with Crippen molar-refractivity contribution in [2.75, 3.05) is 0 Å². The maximum absolute atomic E-state index is 11.8. The Balaban J connectivity index is 1.89. The van der Waals surface area contributed by atoms with Crippen molar-refractivity contribution < 1.29 is 0 Å². The summed E-state index contributed by atoms with van der Waals surface area (Å²) in [4.78, 5) is 15.8. The molecule has 2 aromatic heterocycles. The van der Waals surface area contributed by atoms with Crippen LogP contribution in [0.15, 0.2) is 17.2 Å². The van der Waals surface area contributed by atoms with Gasteiger partial charge in [-0.2, -0.15) is 4.98 Å². The Hall–Kier alpha value is -0.430. The zero-order valence-electron chi connectivity index (χ0n) is 10.9. The van der Waals surface area contributed by atoms with Gasteiger partial charge in [0.25, 0.3) is 5.56 Å². The van der Waals surface area contributed by atoms with Gasteiger partial charge in [-0.25, -0.2) is 0 Å². The van der Waals surface area contributed by atoms with Gasteiger partial charge in [0, 0.05) is 6.54 Å². The fraction of sp³-hybridized carbons (Fsp3) is 0.571. The molecule has 1 fully saturated rings. The molecule has 0 amide bonds. The molecule has 0 saturated heterocycles. The van der Waals surface area contributed by atoms with Crippen molar-refractivity contribution in [2.24, 2.45) is 11.8 Å². The van der Waals surface area contributed by atoms with Gasteiger partial charge in [0.05, 0.1) is 14.7 Å². The molecule has 0 bridgehead atoms. The Morgan fingerprint density at radius 3 is 2.89 bits per heavy atom. The van der Waals surface area contributed by atoms with Gasteiger partial charge in [0.2, 0.25) is 0 Å². The van der Waals surface area contributed by atoms with E-state index in [1.54, 1.807) is 17.7 Å². The molecule has 3 nitrogen and oxygen atoms in total. The van der Waals surface area contributed by atoms with Crippen molar-refractivity contribution in [1.82, 2.24) is 9.55 Å². The summed E-state index contributed by atoms with van der Waals surface area (Å²) in [6, 6.07) is 2.11. The molecule has 0 N–H and O–H groups in total. The van der Waals surface area contributed by atoms with Gasteiger partial charge in [-0.3, -0.25) is 4.79 Å². The highest BCUT2D eigenvalue weighted by Gasteiger charge is 2.19. The molecule has 0 atom stereocenters. The second kappa shape index (κ2) is 5.52. The number of hydrogen-bond donors (Lipinski definition) is 0. The third-order valence-corrected chi connectivity index (χ3v) is 5.96. The first-order valence-corrected chi connectivity index (χ1v) is 8.67. The van der Waals surface area contributed by atoms with Crippen LogP contribution in [0.25, 0.3) is 10.2 Å². The average molecular weight is 388 g/mol. The zero-order valence-corrected chi connectivity index (χ0v) is 13.9. The molecule has 1 aliphatic rings. The molecule has 0 unspecified atom stereocenters. The summed E-state index contributed by atoms with van der Waals surface area (Å²) < 4.78 is 4.13. The molecule has 102 valence electrons. The lowest BCUT2D eigenvalue weighted by atomic mass is 9.83. The molecule has 0 spiro atoms. The van der Waals surface area contributed by atoms with E-state index in [0.717, 1.165) is 31.5 Å². The summed E-state index contributed by atoms with van der Waals surface area (Å²) >= 11 is 3.82.